The molecule has 1 heterocycles. The van der Waals surface area contributed by atoms with Gasteiger partial charge in [-0.25, -0.2) is 4.79 Å². The topological polar surface area (TPSA) is 86.3 Å². The fourth-order valence-electron chi connectivity index (χ4n) is 3.08. The van der Waals surface area contributed by atoms with Gasteiger partial charge < -0.3 is 29.2 Å². The number of anilines is 2. The molecule has 0 radical (unpaired) electrons. The lowest BCUT2D eigenvalue weighted by atomic mass is 10.2. The molecule has 0 spiro atoms. The van der Waals surface area contributed by atoms with Gasteiger partial charge in [0.15, 0.2) is 18.1 Å². The van der Waals surface area contributed by atoms with Gasteiger partial charge in [-0.15, -0.1) is 0 Å². The summed E-state index contributed by atoms with van der Waals surface area (Å²) >= 11 is 0. The summed E-state index contributed by atoms with van der Waals surface area (Å²) in [5.74, 6) is 0.119. The van der Waals surface area contributed by atoms with Crippen molar-refractivity contribution in [1.82, 2.24) is 0 Å². The second-order valence-electron chi connectivity index (χ2n) is 6.75. The van der Waals surface area contributed by atoms with Crippen molar-refractivity contribution in [3.8, 4) is 11.5 Å². The molecule has 8 nitrogen and oxygen atoms in total. The first-order chi connectivity index (χ1) is 15.1. The van der Waals surface area contributed by atoms with Crippen LogP contribution < -0.4 is 19.7 Å². The zero-order chi connectivity index (χ0) is 22.1. The van der Waals surface area contributed by atoms with Crippen LogP contribution in [0.1, 0.15) is 5.56 Å². The van der Waals surface area contributed by atoms with Gasteiger partial charge in [0.2, 0.25) is 0 Å². The summed E-state index contributed by atoms with van der Waals surface area (Å²) < 4.78 is 20.8. The number of carbonyl (C=O) groups excluding carboxylic acids is 2. The number of benzene rings is 2. The highest BCUT2D eigenvalue weighted by Gasteiger charge is 2.11. The first kappa shape index (κ1) is 22.2. The Kier molecular flexibility index (Phi) is 7.89. The number of ether oxygens (including phenoxy) is 4. The Morgan fingerprint density at radius 3 is 2.42 bits per heavy atom. The molecule has 1 N–H and O–H groups in total. The number of morpholine rings is 1. The van der Waals surface area contributed by atoms with E-state index in [0.29, 0.717) is 30.4 Å². The van der Waals surface area contributed by atoms with Crippen molar-refractivity contribution >= 4 is 29.3 Å². The van der Waals surface area contributed by atoms with E-state index < -0.39 is 11.9 Å². The van der Waals surface area contributed by atoms with Crippen molar-refractivity contribution in [2.75, 3.05) is 57.3 Å². The Hall–Kier alpha value is -3.52. The molecule has 1 amide bonds. The van der Waals surface area contributed by atoms with E-state index in [1.54, 1.807) is 31.4 Å². The van der Waals surface area contributed by atoms with Crippen molar-refractivity contribution in [1.29, 1.82) is 0 Å². The third kappa shape index (κ3) is 6.48. The largest absolute Gasteiger partial charge is 0.493 e. The molecule has 0 atom stereocenters. The van der Waals surface area contributed by atoms with E-state index in [0.717, 1.165) is 24.3 Å². The molecule has 8 heteroatoms. The van der Waals surface area contributed by atoms with Gasteiger partial charge in [0.1, 0.15) is 0 Å². The molecule has 2 aromatic rings. The highest BCUT2D eigenvalue weighted by atomic mass is 16.5. The van der Waals surface area contributed by atoms with E-state index in [4.69, 9.17) is 18.9 Å². The molecule has 1 aliphatic rings. The number of hydrogen-bond donors (Lipinski definition) is 1. The number of nitrogens with one attached hydrogen (secondary N) is 1. The molecule has 0 aliphatic carbocycles. The van der Waals surface area contributed by atoms with Gasteiger partial charge in [0.05, 0.1) is 27.4 Å². The maximum Gasteiger partial charge on any atom is 0.331 e. The van der Waals surface area contributed by atoms with E-state index in [1.807, 2.05) is 24.3 Å². The average Bonchev–Trinajstić information content (AvgIpc) is 2.82. The molecule has 2 aromatic carbocycles. The SMILES string of the molecule is COc1ccc(/C=C/C(=O)OCC(=O)Nc2ccc(N3CCOCC3)cc2)cc1OC. The van der Waals surface area contributed by atoms with Crippen molar-refractivity contribution in [3.63, 3.8) is 0 Å². The van der Waals surface area contributed by atoms with Gasteiger partial charge in [-0.2, -0.15) is 0 Å². The molecule has 164 valence electrons. The van der Waals surface area contributed by atoms with Gasteiger partial charge in [-0.1, -0.05) is 6.07 Å². The van der Waals surface area contributed by atoms with Crippen LogP contribution in [0.25, 0.3) is 6.08 Å². The smallest absolute Gasteiger partial charge is 0.331 e. The molecule has 1 fully saturated rings. The van der Waals surface area contributed by atoms with Crippen molar-refractivity contribution in [2.24, 2.45) is 0 Å². The molecule has 0 aromatic heterocycles. The summed E-state index contributed by atoms with van der Waals surface area (Å²) in [7, 11) is 3.09. The van der Waals surface area contributed by atoms with Crippen LogP contribution in [-0.2, 0) is 19.1 Å². The lowest BCUT2D eigenvalue weighted by Gasteiger charge is -2.28. The summed E-state index contributed by atoms with van der Waals surface area (Å²) in [5, 5.41) is 2.72. The second kappa shape index (κ2) is 11.0. The van der Waals surface area contributed by atoms with E-state index in [9.17, 15) is 9.59 Å². The molecule has 1 aliphatic heterocycles. The van der Waals surface area contributed by atoms with E-state index in [-0.39, 0.29) is 6.61 Å². The Bertz CT molecular complexity index is 920. The summed E-state index contributed by atoms with van der Waals surface area (Å²) in [4.78, 5) is 26.2. The highest BCUT2D eigenvalue weighted by molar-refractivity contribution is 5.94. The number of nitrogens with zero attached hydrogens (tertiary/aromatic N) is 1. The summed E-state index contributed by atoms with van der Waals surface area (Å²) in [6, 6.07) is 12.8. The van der Waals surface area contributed by atoms with Gasteiger partial charge in [0, 0.05) is 30.5 Å². The monoisotopic (exact) mass is 426 g/mol. The Balaban J connectivity index is 1.45. The van der Waals surface area contributed by atoms with E-state index in [1.165, 1.54) is 13.2 Å². The van der Waals surface area contributed by atoms with E-state index >= 15 is 0 Å². The van der Waals surface area contributed by atoms with Crippen LogP contribution in [0, 0.1) is 0 Å². The highest BCUT2D eigenvalue weighted by Crippen LogP contribution is 2.28. The van der Waals surface area contributed by atoms with Crippen LogP contribution in [0.3, 0.4) is 0 Å². The molecule has 3 rings (SSSR count). The summed E-state index contributed by atoms with van der Waals surface area (Å²) in [6.07, 6.45) is 2.83. The predicted molar refractivity (Wildman–Crippen MR) is 118 cm³/mol. The van der Waals surface area contributed by atoms with Gasteiger partial charge >= 0.3 is 5.97 Å². The lowest BCUT2D eigenvalue weighted by molar-refractivity contribution is -0.142. The van der Waals surface area contributed by atoms with Crippen LogP contribution in [0.4, 0.5) is 11.4 Å². The van der Waals surface area contributed by atoms with Gasteiger partial charge in [-0.05, 0) is 48.0 Å². The molecule has 0 unspecified atom stereocenters. The quantitative estimate of drug-likeness (QED) is 0.513. The summed E-state index contributed by atoms with van der Waals surface area (Å²) in [6.45, 7) is 2.74. The van der Waals surface area contributed by atoms with E-state index in [2.05, 4.69) is 10.2 Å². The standard InChI is InChI=1S/C23H26N2O6/c1-28-20-9-3-17(15-21(20)29-2)4-10-23(27)31-16-22(26)24-18-5-7-19(8-6-18)25-11-13-30-14-12-25/h3-10,15H,11-14,16H2,1-2H3,(H,24,26)/b10-4+. The Morgan fingerprint density at radius 2 is 1.74 bits per heavy atom. The van der Waals surface area contributed by atoms with Crippen molar-refractivity contribution < 1.29 is 28.5 Å². The number of methoxy groups -OCH3 is 2. The molecule has 31 heavy (non-hydrogen) atoms. The predicted octanol–water partition coefficient (Wildman–Crippen LogP) is 2.74. The maximum absolute atomic E-state index is 12.1. The van der Waals surface area contributed by atoms with Crippen molar-refractivity contribution in [2.45, 2.75) is 0 Å². The van der Waals surface area contributed by atoms with Crippen molar-refractivity contribution in [3.05, 3.63) is 54.1 Å². The third-order valence-electron chi connectivity index (χ3n) is 4.69. The van der Waals surface area contributed by atoms with Gasteiger partial charge in [0.25, 0.3) is 5.91 Å². The zero-order valence-electron chi connectivity index (χ0n) is 17.6. The lowest BCUT2D eigenvalue weighted by Crippen LogP contribution is -2.36. The average molecular weight is 426 g/mol. The molecule has 1 saturated heterocycles. The number of carbonyl (C=O) groups is 2. The zero-order valence-corrected chi connectivity index (χ0v) is 17.6. The number of esters is 1. The minimum Gasteiger partial charge on any atom is -0.493 e. The summed E-state index contributed by atoms with van der Waals surface area (Å²) in [5.41, 5.74) is 2.45. The number of hydrogen-bond acceptors (Lipinski definition) is 7. The first-order valence-electron chi connectivity index (χ1n) is 9.88. The van der Waals surface area contributed by atoms with Crippen LogP contribution in [-0.4, -0.2) is 59.0 Å². The fourth-order valence-corrected chi connectivity index (χ4v) is 3.08. The van der Waals surface area contributed by atoms with Crippen LogP contribution >= 0.6 is 0 Å². The Labute approximate surface area is 181 Å². The molecular weight excluding hydrogens is 400 g/mol. The minimum absolute atomic E-state index is 0.375. The number of rotatable bonds is 8. The molecular formula is C23H26N2O6. The molecule has 0 bridgehead atoms. The second-order valence-corrected chi connectivity index (χ2v) is 6.75. The maximum atomic E-state index is 12.1. The third-order valence-corrected chi connectivity index (χ3v) is 4.69. The minimum atomic E-state index is -0.618. The van der Waals surface area contributed by atoms with Gasteiger partial charge in [-0.3, -0.25) is 4.79 Å². The first-order valence-corrected chi connectivity index (χ1v) is 9.88. The van der Waals surface area contributed by atoms with Crippen LogP contribution in [0.5, 0.6) is 11.5 Å². The number of amides is 1. The Morgan fingerprint density at radius 1 is 1.03 bits per heavy atom. The fraction of sp³-hybridized carbons (Fsp3) is 0.304. The molecule has 0 saturated carbocycles. The normalized spacial score (nSPS) is 13.7. The van der Waals surface area contributed by atoms with Crippen LogP contribution in [0.2, 0.25) is 0 Å². The van der Waals surface area contributed by atoms with Crippen LogP contribution in [0.15, 0.2) is 48.5 Å².